The van der Waals surface area contributed by atoms with Gasteiger partial charge in [0.15, 0.2) is 11.5 Å². The second-order valence-corrected chi connectivity index (χ2v) is 4.20. The molecule has 0 spiro atoms. The number of rotatable bonds is 5. The van der Waals surface area contributed by atoms with Gasteiger partial charge in [0.1, 0.15) is 12.0 Å². The van der Waals surface area contributed by atoms with Gasteiger partial charge in [-0.15, -0.1) is 0 Å². The van der Waals surface area contributed by atoms with Gasteiger partial charge in [-0.05, 0) is 36.8 Å². The van der Waals surface area contributed by atoms with Gasteiger partial charge >= 0.3 is 0 Å². The number of carbonyl (C=O) groups excluding carboxylic acids is 1. The Balaban J connectivity index is 2.30. The van der Waals surface area contributed by atoms with Gasteiger partial charge in [-0.2, -0.15) is 0 Å². The molecule has 0 bridgehead atoms. The van der Waals surface area contributed by atoms with Crippen molar-refractivity contribution in [1.29, 1.82) is 0 Å². The van der Waals surface area contributed by atoms with Crippen LogP contribution in [-0.4, -0.2) is 13.4 Å². The lowest BCUT2D eigenvalue weighted by atomic mass is 10.2. The number of hydrogen-bond acceptors (Lipinski definition) is 3. The molecule has 0 heterocycles. The van der Waals surface area contributed by atoms with E-state index in [2.05, 4.69) is 0 Å². The van der Waals surface area contributed by atoms with Crippen LogP contribution in [0, 0.1) is 0 Å². The summed E-state index contributed by atoms with van der Waals surface area (Å²) in [5, 5.41) is 0. The second kappa shape index (κ2) is 6.57. The third kappa shape index (κ3) is 3.26. The maximum atomic E-state index is 10.8. The lowest BCUT2D eigenvalue weighted by molar-refractivity contribution is 0.112. The van der Waals surface area contributed by atoms with Crippen LogP contribution in [0.1, 0.15) is 22.8 Å². The summed E-state index contributed by atoms with van der Waals surface area (Å²) in [7, 11) is 1.60. The highest BCUT2D eigenvalue weighted by atomic mass is 16.5. The number of ether oxygens (including phenoxy) is 2. The third-order valence-electron chi connectivity index (χ3n) is 2.77. The third-order valence-corrected chi connectivity index (χ3v) is 2.77. The zero-order valence-corrected chi connectivity index (χ0v) is 11.5. The normalized spacial score (nSPS) is 10.5. The van der Waals surface area contributed by atoms with Gasteiger partial charge in [-0.3, -0.25) is 4.79 Å². The van der Waals surface area contributed by atoms with Crippen LogP contribution in [0.15, 0.2) is 48.5 Å². The molecule has 20 heavy (non-hydrogen) atoms. The quantitative estimate of drug-likeness (QED) is 0.757. The van der Waals surface area contributed by atoms with E-state index < -0.39 is 0 Å². The maximum Gasteiger partial charge on any atom is 0.169 e. The Hall–Kier alpha value is -2.55. The minimum atomic E-state index is 0.576. The molecule has 0 aliphatic heterocycles. The number of allylic oxidation sites excluding steroid dienone is 1. The number of benzene rings is 2. The van der Waals surface area contributed by atoms with Crippen molar-refractivity contribution in [2.75, 3.05) is 7.11 Å². The first-order valence-corrected chi connectivity index (χ1v) is 6.30. The summed E-state index contributed by atoms with van der Waals surface area (Å²) in [6.45, 7) is 1.96. The molecule has 0 aliphatic rings. The molecule has 0 saturated carbocycles. The summed E-state index contributed by atoms with van der Waals surface area (Å²) in [6.07, 6.45) is 4.74. The van der Waals surface area contributed by atoms with Crippen molar-refractivity contribution in [3.8, 4) is 17.2 Å². The van der Waals surface area contributed by atoms with Crippen LogP contribution in [-0.2, 0) is 0 Å². The second-order valence-electron chi connectivity index (χ2n) is 4.20. The molecule has 2 aromatic carbocycles. The van der Waals surface area contributed by atoms with Crippen LogP contribution in [0.25, 0.3) is 6.08 Å². The summed E-state index contributed by atoms with van der Waals surface area (Å²) in [5.74, 6) is 1.87. The molecule has 0 radical (unpaired) electrons. The zero-order valence-electron chi connectivity index (χ0n) is 11.5. The molecule has 0 atom stereocenters. The van der Waals surface area contributed by atoms with Crippen LogP contribution in [0.3, 0.4) is 0 Å². The molecule has 3 heteroatoms. The fourth-order valence-electron chi connectivity index (χ4n) is 1.84. The van der Waals surface area contributed by atoms with Crippen molar-refractivity contribution in [2.24, 2.45) is 0 Å². The lowest BCUT2D eigenvalue weighted by Crippen LogP contribution is -1.91. The maximum absolute atomic E-state index is 10.8. The number of aldehydes is 1. The van der Waals surface area contributed by atoms with Gasteiger partial charge in [-0.25, -0.2) is 0 Å². The first-order valence-electron chi connectivity index (χ1n) is 6.30. The number of methoxy groups -OCH3 is 1. The van der Waals surface area contributed by atoms with Crippen molar-refractivity contribution in [3.05, 3.63) is 59.7 Å². The Labute approximate surface area is 118 Å². The molecule has 0 amide bonds. The van der Waals surface area contributed by atoms with Crippen LogP contribution in [0.2, 0.25) is 0 Å². The van der Waals surface area contributed by atoms with Crippen molar-refractivity contribution >= 4 is 12.4 Å². The van der Waals surface area contributed by atoms with Crippen molar-refractivity contribution in [3.63, 3.8) is 0 Å². The van der Waals surface area contributed by atoms with Crippen molar-refractivity contribution in [1.82, 2.24) is 0 Å². The molecule has 0 unspecified atom stereocenters. The SMILES string of the molecule is CC=Cc1ccc(Oc2cccc(C=O)c2)c(OC)c1. The Morgan fingerprint density at radius 1 is 1.00 bits per heavy atom. The topological polar surface area (TPSA) is 35.5 Å². The Kier molecular flexibility index (Phi) is 4.56. The number of hydrogen-bond donors (Lipinski definition) is 0. The summed E-state index contributed by atoms with van der Waals surface area (Å²) >= 11 is 0. The molecule has 102 valence electrons. The fraction of sp³-hybridized carbons (Fsp3) is 0.118. The monoisotopic (exact) mass is 268 g/mol. The van der Waals surface area contributed by atoms with E-state index >= 15 is 0 Å². The highest BCUT2D eigenvalue weighted by Gasteiger charge is 2.06. The molecule has 2 aromatic rings. The van der Waals surface area contributed by atoms with Crippen molar-refractivity contribution in [2.45, 2.75) is 6.92 Å². The number of carbonyl (C=O) groups is 1. The fourth-order valence-corrected chi connectivity index (χ4v) is 1.84. The average Bonchev–Trinajstić information content (AvgIpc) is 2.49. The van der Waals surface area contributed by atoms with E-state index in [0.29, 0.717) is 22.8 Å². The zero-order chi connectivity index (χ0) is 14.4. The van der Waals surface area contributed by atoms with Crippen LogP contribution >= 0.6 is 0 Å². The smallest absolute Gasteiger partial charge is 0.169 e. The highest BCUT2D eigenvalue weighted by molar-refractivity contribution is 5.75. The summed E-state index contributed by atoms with van der Waals surface area (Å²) < 4.78 is 11.1. The van der Waals surface area contributed by atoms with Gasteiger partial charge in [0.05, 0.1) is 7.11 Å². The predicted octanol–water partition coefficient (Wildman–Crippen LogP) is 4.33. The Morgan fingerprint density at radius 2 is 1.85 bits per heavy atom. The largest absolute Gasteiger partial charge is 0.493 e. The van der Waals surface area contributed by atoms with E-state index in [1.54, 1.807) is 31.4 Å². The molecule has 0 N–H and O–H groups in total. The van der Waals surface area contributed by atoms with Crippen LogP contribution in [0.4, 0.5) is 0 Å². The van der Waals surface area contributed by atoms with E-state index in [4.69, 9.17) is 9.47 Å². The van der Waals surface area contributed by atoms with Gasteiger partial charge in [-0.1, -0.05) is 30.4 Å². The first kappa shape index (κ1) is 13.9. The van der Waals surface area contributed by atoms with Gasteiger partial charge in [0.2, 0.25) is 0 Å². The lowest BCUT2D eigenvalue weighted by Gasteiger charge is -2.11. The van der Waals surface area contributed by atoms with Crippen LogP contribution in [0.5, 0.6) is 17.2 Å². The molecular formula is C17H16O3. The van der Waals surface area contributed by atoms with Crippen molar-refractivity contribution < 1.29 is 14.3 Å². The molecule has 3 nitrogen and oxygen atoms in total. The van der Waals surface area contributed by atoms with Gasteiger partial charge in [0, 0.05) is 5.56 Å². The van der Waals surface area contributed by atoms with E-state index in [-0.39, 0.29) is 0 Å². The Bertz CT molecular complexity index is 630. The molecule has 0 saturated heterocycles. The average molecular weight is 268 g/mol. The van der Waals surface area contributed by atoms with E-state index in [1.165, 1.54) is 0 Å². The molecular weight excluding hydrogens is 252 g/mol. The van der Waals surface area contributed by atoms with E-state index in [1.807, 2.05) is 37.3 Å². The highest BCUT2D eigenvalue weighted by Crippen LogP contribution is 2.32. The minimum absolute atomic E-state index is 0.576. The molecule has 0 fully saturated rings. The minimum Gasteiger partial charge on any atom is -0.493 e. The summed E-state index contributed by atoms with van der Waals surface area (Å²) in [5.41, 5.74) is 1.62. The van der Waals surface area contributed by atoms with Gasteiger partial charge < -0.3 is 9.47 Å². The van der Waals surface area contributed by atoms with Gasteiger partial charge in [0.25, 0.3) is 0 Å². The predicted molar refractivity (Wildman–Crippen MR) is 79.6 cm³/mol. The summed E-state index contributed by atoms with van der Waals surface area (Å²) in [6, 6.07) is 12.7. The molecule has 0 aliphatic carbocycles. The van der Waals surface area contributed by atoms with Crippen LogP contribution < -0.4 is 9.47 Å². The Morgan fingerprint density at radius 3 is 2.55 bits per heavy atom. The molecule has 2 rings (SSSR count). The van der Waals surface area contributed by atoms with E-state index in [0.717, 1.165) is 11.8 Å². The van der Waals surface area contributed by atoms with E-state index in [9.17, 15) is 4.79 Å². The summed E-state index contributed by atoms with van der Waals surface area (Å²) in [4.78, 5) is 10.8. The molecule has 0 aromatic heterocycles. The standard InChI is InChI=1S/C17H16O3/c1-3-5-13-8-9-16(17(11-13)19-2)20-15-7-4-6-14(10-15)12-18/h3-12H,1-2H3. The first-order chi connectivity index (χ1) is 9.76.